The quantitative estimate of drug-likeness (QED) is 0.309. The van der Waals surface area contributed by atoms with Crippen molar-refractivity contribution < 1.29 is 13.9 Å². The third-order valence-electron chi connectivity index (χ3n) is 7.18. The number of hydrogen-bond acceptors (Lipinski definition) is 8. The van der Waals surface area contributed by atoms with Gasteiger partial charge in [0.05, 0.1) is 12.7 Å². The molecule has 0 aliphatic carbocycles. The molecule has 5 aromatic rings. The smallest absolute Gasteiger partial charge is 0.407 e. The third-order valence-corrected chi connectivity index (χ3v) is 7.18. The molecule has 1 amide bonds. The van der Waals surface area contributed by atoms with Gasteiger partial charge < -0.3 is 19.4 Å². The predicted octanol–water partition coefficient (Wildman–Crippen LogP) is 4.45. The van der Waals surface area contributed by atoms with E-state index in [1.165, 1.54) is 4.68 Å². The van der Waals surface area contributed by atoms with E-state index in [9.17, 15) is 9.59 Å². The SMILES string of the molecule is CC#CCn1c(N2CCC[C@@H](NC(=O)OC(C)(C)C)C2)nc2cnn(Cc3nc4ccc5ccccc5c4o3)c(=O)c21. The van der Waals surface area contributed by atoms with Crippen molar-refractivity contribution in [3.8, 4) is 11.8 Å². The first kappa shape index (κ1) is 27.3. The summed E-state index contributed by atoms with van der Waals surface area (Å²) in [5.41, 5.74) is 1.41. The van der Waals surface area contributed by atoms with Gasteiger partial charge in [-0.15, -0.1) is 5.92 Å². The molecule has 216 valence electrons. The Morgan fingerprint density at radius 2 is 2.00 bits per heavy atom. The molecule has 2 aromatic carbocycles. The molecule has 1 aliphatic rings. The topological polar surface area (TPSA) is 120 Å². The number of nitrogens with zero attached hydrogens (tertiary/aromatic N) is 6. The summed E-state index contributed by atoms with van der Waals surface area (Å²) in [5.74, 6) is 7.01. The van der Waals surface area contributed by atoms with Crippen LogP contribution in [0.5, 0.6) is 0 Å². The maximum absolute atomic E-state index is 13.8. The first-order valence-electron chi connectivity index (χ1n) is 14.1. The molecule has 11 nitrogen and oxygen atoms in total. The highest BCUT2D eigenvalue weighted by Gasteiger charge is 2.28. The van der Waals surface area contributed by atoms with Crippen LogP contribution in [0.2, 0.25) is 0 Å². The van der Waals surface area contributed by atoms with E-state index in [1.54, 1.807) is 13.1 Å². The van der Waals surface area contributed by atoms with E-state index in [1.807, 2.05) is 61.7 Å². The van der Waals surface area contributed by atoms with E-state index in [-0.39, 0.29) is 24.7 Å². The summed E-state index contributed by atoms with van der Waals surface area (Å²) in [6.45, 7) is 8.89. The molecule has 1 saturated heterocycles. The maximum atomic E-state index is 13.8. The second kappa shape index (κ2) is 10.9. The van der Waals surface area contributed by atoms with Crippen LogP contribution in [0.3, 0.4) is 0 Å². The number of nitrogens with one attached hydrogen (secondary N) is 1. The highest BCUT2D eigenvalue weighted by atomic mass is 16.6. The molecule has 0 bridgehead atoms. The van der Waals surface area contributed by atoms with E-state index in [2.05, 4.69) is 32.1 Å². The zero-order valence-electron chi connectivity index (χ0n) is 24.2. The minimum absolute atomic E-state index is 0.0728. The minimum atomic E-state index is -0.580. The van der Waals surface area contributed by atoms with Gasteiger partial charge in [0, 0.05) is 24.5 Å². The Morgan fingerprint density at radius 3 is 2.81 bits per heavy atom. The Kier molecular flexibility index (Phi) is 7.06. The van der Waals surface area contributed by atoms with Crippen molar-refractivity contribution in [3.05, 3.63) is 58.8 Å². The molecule has 0 spiro atoms. The van der Waals surface area contributed by atoms with Crippen LogP contribution in [-0.4, -0.2) is 55.1 Å². The van der Waals surface area contributed by atoms with Crippen molar-refractivity contribution in [2.24, 2.45) is 0 Å². The minimum Gasteiger partial charge on any atom is -0.444 e. The fraction of sp³-hybridized carbons (Fsp3) is 0.387. The van der Waals surface area contributed by atoms with Gasteiger partial charge in [-0.1, -0.05) is 36.3 Å². The molecule has 4 heterocycles. The Morgan fingerprint density at radius 1 is 1.17 bits per heavy atom. The van der Waals surface area contributed by atoms with Crippen LogP contribution >= 0.6 is 0 Å². The number of ether oxygens (including phenoxy) is 1. The summed E-state index contributed by atoms with van der Waals surface area (Å²) in [7, 11) is 0. The lowest BCUT2D eigenvalue weighted by atomic mass is 10.1. The van der Waals surface area contributed by atoms with Crippen molar-refractivity contribution in [1.82, 2.24) is 29.6 Å². The van der Waals surface area contributed by atoms with Gasteiger partial charge in [0.25, 0.3) is 5.56 Å². The molecule has 3 aromatic heterocycles. The average Bonchev–Trinajstić information content (AvgIpc) is 3.54. The van der Waals surface area contributed by atoms with Crippen molar-refractivity contribution >= 4 is 44.9 Å². The van der Waals surface area contributed by atoms with Gasteiger partial charge in [0.2, 0.25) is 11.8 Å². The van der Waals surface area contributed by atoms with E-state index < -0.39 is 11.7 Å². The van der Waals surface area contributed by atoms with Crippen LogP contribution in [0.15, 0.2) is 51.8 Å². The number of aromatic nitrogens is 5. The Labute approximate surface area is 242 Å². The second-order valence-corrected chi connectivity index (χ2v) is 11.4. The highest BCUT2D eigenvalue weighted by molar-refractivity contribution is 6.02. The summed E-state index contributed by atoms with van der Waals surface area (Å²) in [4.78, 5) is 37.7. The van der Waals surface area contributed by atoms with Crippen molar-refractivity contribution in [1.29, 1.82) is 0 Å². The number of amides is 1. The standard InChI is InChI=1S/C31H33N7O4/c1-5-6-16-37-26-24(35-29(37)36-15-9-11-21(18-36)33-30(40)42-31(2,3)4)17-32-38(28(26)39)19-25-34-23-14-13-20-10-7-8-12-22(20)27(23)41-25/h7-8,10,12-14,17,21H,9,11,15-16,18-19H2,1-4H3,(H,33,40)/t21-/m1/s1. The number of alkyl carbamates (subject to hydrolysis) is 1. The lowest BCUT2D eigenvalue weighted by Gasteiger charge is -2.34. The zero-order chi connectivity index (χ0) is 29.4. The molecule has 1 atom stereocenters. The van der Waals surface area contributed by atoms with Crippen LogP contribution in [0.4, 0.5) is 10.7 Å². The monoisotopic (exact) mass is 567 g/mol. The fourth-order valence-electron chi connectivity index (χ4n) is 5.38. The second-order valence-electron chi connectivity index (χ2n) is 11.4. The van der Waals surface area contributed by atoms with E-state index >= 15 is 0 Å². The van der Waals surface area contributed by atoms with Gasteiger partial charge in [-0.3, -0.25) is 9.36 Å². The molecule has 1 fully saturated rings. The third kappa shape index (κ3) is 5.40. The number of benzene rings is 2. The highest BCUT2D eigenvalue weighted by Crippen LogP contribution is 2.27. The Balaban J connectivity index is 1.32. The number of carbonyl (C=O) groups is 1. The van der Waals surface area contributed by atoms with Crippen molar-refractivity contribution in [2.45, 2.75) is 65.3 Å². The first-order chi connectivity index (χ1) is 20.2. The lowest BCUT2D eigenvalue weighted by Crippen LogP contribution is -2.49. The van der Waals surface area contributed by atoms with Crippen LogP contribution in [0.25, 0.3) is 32.9 Å². The summed E-state index contributed by atoms with van der Waals surface area (Å²) in [6, 6.07) is 11.7. The number of carbonyl (C=O) groups excluding carboxylic acids is 1. The van der Waals surface area contributed by atoms with Gasteiger partial charge in [-0.25, -0.2) is 19.4 Å². The molecule has 0 radical (unpaired) electrons. The van der Waals surface area contributed by atoms with Gasteiger partial charge in [0.1, 0.15) is 28.7 Å². The molecule has 11 heteroatoms. The molecular formula is C31H33N7O4. The van der Waals surface area contributed by atoms with Crippen molar-refractivity contribution in [2.75, 3.05) is 18.0 Å². The average molecular weight is 568 g/mol. The Hall–Kier alpha value is -4.85. The summed E-state index contributed by atoms with van der Waals surface area (Å²) >= 11 is 0. The normalized spacial score (nSPS) is 15.6. The number of piperidine rings is 1. The van der Waals surface area contributed by atoms with Crippen LogP contribution < -0.4 is 15.8 Å². The van der Waals surface area contributed by atoms with Crippen LogP contribution in [-0.2, 0) is 17.8 Å². The molecule has 6 rings (SSSR count). The number of imidazole rings is 1. The summed E-state index contributed by atoms with van der Waals surface area (Å²) in [5, 5.41) is 9.40. The van der Waals surface area contributed by atoms with Gasteiger partial charge >= 0.3 is 6.09 Å². The Bertz CT molecular complexity index is 1920. The first-order valence-corrected chi connectivity index (χ1v) is 14.1. The van der Waals surface area contributed by atoms with E-state index in [0.717, 1.165) is 35.7 Å². The summed E-state index contributed by atoms with van der Waals surface area (Å²) in [6.07, 6.45) is 2.81. The van der Waals surface area contributed by atoms with E-state index in [0.29, 0.717) is 35.0 Å². The van der Waals surface area contributed by atoms with E-state index in [4.69, 9.17) is 14.1 Å². The predicted molar refractivity (Wildman–Crippen MR) is 160 cm³/mol. The molecule has 42 heavy (non-hydrogen) atoms. The lowest BCUT2D eigenvalue weighted by molar-refractivity contribution is 0.0499. The van der Waals surface area contributed by atoms with Gasteiger partial charge in [0.15, 0.2) is 5.58 Å². The largest absolute Gasteiger partial charge is 0.444 e. The summed E-state index contributed by atoms with van der Waals surface area (Å²) < 4.78 is 14.7. The molecule has 0 saturated carbocycles. The number of anilines is 1. The van der Waals surface area contributed by atoms with Crippen molar-refractivity contribution in [3.63, 3.8) is 0 Å². The van der Waals surface area contributed by atoms with Gasteiger partial charge in [-0.2, -0.15) is 5.10 Å². The van der Waals surface area contributed by atoms with Gasteiger partial charge in [-0.05, 0) is 52.0 Å². The van der Waals surface area contributed by atoms with Crippen LogP contribution in [0.1, 0.15) is 46.4 Å². The van der Waals surface area contributed by atoms with Crippen LogP contribution in [0, 0.1) is 11.8 Å². The fourth-order valence-corrected chi connectivity index (χ4v) is 5.38. The number of fused-ring (bicyclic) bond motifs is 4. The molecule has 0 unspecified atom stereocenters. The maximum Gasteiger partial charge on any atom is 0.407 e. The molecule has 1 aliphatic heterocycles. The molecule has 1 N–H and O–H groups in total. The zero-order valence-corrected chi connectivity index (χ0v) is 24.2. The number of rotatable bonds is 5. The number of hydrogen-bond donors (Lipinski definition) is 1. The number of oxazole rings is 1. The molecular weight excluding hydrogens is 534 g/mol.